The Morgan fingerprint density at radius 1 is 1.23 bits per heavy atom. The van der Waals surface area contributed by atoms with Crippen LogP contribution >= 0.6 is 11.6 Å². The first-order valence-electron chi connectivity index (χ1n) is 9.44. The molecule has 1 amide bonds. The van der Waals surface area contributed by atoms with E-state index in [-0.39, 0.29) is 34.7 Å². The van der Waals surface area contributed by atoms with E-state index in [2.05, 4.69) is 14.9 Å². The summed E-state index contributed by atoms with van der Waals surface area (Å²) in [5, 5.41) is 4.15. The van der Waals surface area contributed by atoms with Gasteiger partial charge >= 0.3 is 0 Å². The normalized spacial score (nSPS) is 13.6. The number of sulfonamides is 1. The summed E-state index contributed by atoms with van der Waals surface area (Å²) >= 11 is 6.16. The van der Waals surface area contributed by atoms with Gasteiger partial charge in [0.25, 0.3) is 15.9 Å². The van der Waals surface area contributed by atoms with Gasteiger partial charge in [-0.15, -0.1) is 0 Å². The van der Waals surface area contributed by atoms with Crippen LogP contribution in [-0.2, 0) is 27.8 Å². The van der Waals surface area contributed by atoms with Crippen LogP contribution in [0, 0.1) is 6.92 Å². The lowest BCUT2D eigenvalue weighted by atomic mass is 10.2. The average molecular weight is 463 g/mol. The third kappa shape index (κ3) is 4.35. The predicted molar refractivity (Wildman–Crippen MR) is 114 cm³/mol. The fourth-order valence-corrected chi connectivity index (χ4v) is 4.51. The molecule has 0 spiro atoms. The number of halogens is 1. The van der Waals surface area contributed by atoms with Crippen molar-refractivity contribution in [3.63, 3.8) is 0 Å². The van der Waals surface area contributed by atoms with Crippen molar-refractivity contribution in [3.8, 4) is 5.75 Å². The zero-order chi connectivity index (χ0) is 22.2. The highest BCUT2D eigenvalue weighted by Gasteiger charge is 2.29. The van der Waals surface area contributed by atoms with Gasteiger partial charge in [-0.25, -0.2) is 8.42 Å². The number of hydrogen-bond donors (Lipinski definition) is 1. The van der Waals surface area contributed by atoms with E-state index in [4.69, 9.17) is 20.9 Å². The van der Waals surface area contributed by atoms with E-state index in [0.29, 0.717) is 29.6 Å². The molecule has 11 heteroatoms. The predicted octanol–water partition coefficient (Wildman–Crippen LogP) is 3.32. The average Bonchev–Trinajstić information content (AvgIpc) is 3.19. The van der Waals surface area contributed by atoms with Crippen molar-refractivity contribution in [2.24, 2.45) is 0 Å². The van der Waals surface area contributed by atoms with Crippen LogP contribution in [0.15, 0.2) is 45.8 Å². The highest BCUT2D eigenvalue weighted by Crippen LogP contribution is 2.36. The van der Waals surface area contributed by atoms with E-state index in [0.717, 1.165) is 5.56 Å². The zero-order valence-corrected chi connectivity index (χ0v) is 18.3. The molecule has 0 atom stereocenters. The van der Waals surface area contributed by atoms with Crippen LogP contribution < -0.4 is 14.4 Å². The highest BCUT2D eigenvalue weighted by atomic mass is 35.5. The van der Waals surface area contributed by atoms with E-state index in [1.165, 1.54) is 23.1 Å². The first-order chi connectivity index (χ1) is 14.8. The first kappa shape index (κ1) is 21.1. The summed E-state index contributed by atoms with van der Waals surface area (Å²) in [6, 6.07) is 9.29. The maximum Gasteiger partial charge on any atom is 0.265 e. The number of carbonyl (C=O) groups excluding carboxylic acids is 1. The lowest BCUT2D eigenvalue weighted by molar-refractivity contribution is -0.121. The Bertz CT molecular complexity index is 1260. The Labute approximate surface area is 184 Å². The Kier molecular flexibility index (Phi) is 5.59. The van der Waals surface area contributed by atoms with Crippen molar-refractivity contribution in [3.05, 3.63) is 58.7 Å². The number of benzene rings is 2. The number of aromatic nitrogens is 2. The second-order valence-corrected chi connectivity index (χ2v) is 9.03. The second-order valence-electron chi connectivity index (χ2n) is 6.94. The molecule has 0 aliphatic carbocycles. The summed E-state index contributed by atoms with van der Waals surface area (Å²) in [6.45, 7) is 3.58. The van der Waals surface area contributed by atoms with Crippen LogP contribution in [0.25, 0.3) is 0 Å². The SMILES string of the molecule is CCc1nc(CN2C(=O)COc3ccc(S(=O)(=O)Nc4ccc(C)cc4Cl)cc32)no1. The smallest absolute Gasteiger partial charge is 0.265 e. The van der Waals surface area contributed by atoms with Gasteiger partial charge in [0.2, 0.25) is 5.89 Å². The Hall–Kier alpha value is -3.11. The van der Waals surface area contributed by atoms with Crippen molar-refractivity contribution < 1.29 is 22.5 Å². The molecule has 162 valence electrons. The fraction of sp³-hybridized carbons (Fsp3) is 0.250. The summed E-state index contributed by atoms with van der Waals surface area (Å²) in [6.07, 6.45) is 0.566. The molecule has 2 aromatic carbocycles. The minimum absolute atomic E-state index is 0.0272. The maximum absolute atomic E-state index is 13.0. The van der Waals surface area contributed by atoms with E-state index >= 15 is 0 Å². The number of aryl methyl sites for hydroxylation is 2. The maximum atomic E-state index is 13.0. The minimum Gasteiger partial charge on any atom is -0.482 e. The van der Waals surface area contributed by atoms with Gasteiger partial charge in [0, 0.05) is 6.42 Å². The number of anilines is 2. The van der Waals surface area contributed by atoms with E-state index in [9.17, 15) is 13.2 Å². The van der Waals surface area contributed by atoms with Crippen molar-refractivity contribution >= 4 is 38.9 Å². The van der Waals surface area contributed by atoms with Gasteiger partial charge in [0.05, 0.1) is 27.8 Å². The molecule has 0 saturated heterocycles. The number of hydrogen-bond acceptors (Lipinski definition) is 7. The Balaban J connectivity index is 1.67. The molecule has 1 aliphatic heterocycles. The Morgan fingerprint density at radius 2 is 2.03 bits per heavy atom. The van der Waals surface area contributed by atoms with Crippen molar-refractivity contribution in [1.82, 2.24) is 10.1 Å². The number of nitrogens with zero attached hydrogens (tertiary/aromatic N) is 3. The van der Waals surface area contributed by atoms with Crippen LogP contribution in [-0.4, -0.2) is 31.1 Å². The molecule has 0 bridgehead atoms. The molecular weight excluding hydrogens is 444 g/mol. The van der Waals surface area contributed by atoms with Crippen LogP contribution in [0.2, 0.25) is 5.02 Å². The monoisotopic (exact) mass is 462 g/mol. The molecule has 0 unspecified atom stereocenters. The van der Waals surface area contributed by atoms with Gasteiger partial charge in [-0.05, 0) is 42.8 Å². The van der Waals surface area contributed by atoms with Crippen LogP contribution in [0.3, 0.4) is 0 Å². The molecular formula is C20H19ClN4O5S. The summed E-state index contributed by atoms with van der Waals surface area (Å²) < 4.78 is 38.9. The molecule has 3 aromatic rings. The topological polar surface area (TPSA) is 115 Å². The molecule has 1 aliphatic rings. The van der Waals surface area contributed by atoms with Gasteiger partial charge in [-0.3, -0.25) is 14.4 Å². The van der Waals surface area contributed by atoms with Crippen LogP contribution in [0.4, 0.5) is 11.4 Å². The van der Waals surface area contributed by atoms with Gasteiger partial charge in [0.15, 0.2) is 12.4 Å². The van der Waals surface area contributed by atoms with Gasteiger partial charge in [-0.1, -0.05) is 29.7 Å². The molecule has 1 aromatic heterocycles. The standard InChI is InChI=1S/C20H19ClN4O5S/c1-3-19-22-18(23-30-19)10-25-16-9-13(5-7-17(16)29-11-20(25)26)31(27,28)24-15-6-4-12(2)8-14(15)21/h4-9,24H,3,10-11H2,1-2H3. The lowest BCUT2D eigenvalue weighted by Gasteiger charge is -2.28. The first-order valence-corrected chi connectivity index (χ1v) is 11.3. The summed E-state index contributed by atoms with van der Waals surface area (Å²) in [5.41, 5.74) is 1.46. The second kappa shape index (κ2) is 8.20. The van der Waals surface area contributed by atoms with Crippen molar-refractivity contribution in [1.29, 1.82) is 0 Å². The molecule has 1 N–H and O–H groups in total. The summed E-state index contributed by atoms with van der Waals surface area (Å²) in [7, 11) is -3.97. The zero-order valence-electron chi connectivity index (χ0n) is 16.8. The molecule has 0 radical (unpaired) electrons. The molecule has 9 nitrogen and oxygen atoms in total. The lowest BCUT2D eigenvalue weighted by Crippen LogP contribution is -2.38. The summed E-state index contributed by atoms with van der Waals surface area (Å²) in [5.74, 6) is 0.799. The molecule has 2 heterocycles. The quantitative estimate of drug-likeness (QED) is 0.597. The largest absolute Gasteiger partial charge is 0.482 e. The molecule has 0 fully saturated rings. The number of ether oxygens (including phenoxy) is 1. The molecule has 0 saturated carbocycles. The van der Waals surface area contributed by atoms with Gasteiger partial charge in [-0.2, -0.15) is 4.98 Å². The van der Waals surface area contributed by atoms with Crippen LogP contribution in [0.1, 0.15) is 24.2 Å². The van der Waals surface area contributed by atoms with Gasteiger partial charge in [0.1, 0.15) is 5.75 Å². The summed E-state index contributed by atoms with van der Waals surface area (Å²) in [4.78, 5) is 18.0. The third-order valence-corrected chi connectivity index (χ3v) is 6.34. The minimum atomic E-state index is -3.97. The molecule has 4 rings (SSSR count). The number of amides is 1. The van der Waals surface area contributed by atoms with E-state index in [1.807, 2.05) is 13.8 Å². The van der Waals surface area contributed by atoms with E-state index < -0.39 is 10.0 Å². The van der Waals surface area contributed by atoms with Crippen molar-refractivity contribution in [2.45, 2.75) is 31.7 Å². The third-order valence-electron chi connectivity index (χ3n) is 4.66. The van der Waals surface area contributed by atoms with Crippen LogP contribution in [0.5, 0.6) is 5.75 Å². The number of fused-ring (bicyclic) bond motifs is 1. The number of nitrogens with one attached hydrogen (secondary N) is 1. The highest BCUT2D eigenvalue weighted by molar-refractivity contribution is 7.92. The Morgan fingerprint density at radius 3 is 2.74 bits per heavy atom. The van der Waals surface area contributed by atoms with Gasteiger partial charge < -0.3 is 9.26 Å². The van der Waals surface area contributed by atoms with Crippen molar-refractivity contribution in [2.75, 3.05) is 16.2 Å². The molecule has 31 heavy (non-hydrogen) atoms. The number of carbonyl (C=O) groups is 1. The van der Waals surface area contributed by atoms with E-state index in [1.54, 1.807) is 18.2 Å². The fourth-order valence-electron chi connectivity index (χ4n) is 3.07. The number of rotatable bonds is 6.